The SMILES string of the molecule is C[C@H](N)c1cc(C(C)(C)C)nn1C. The Kier molecular flexibility index (Phi) is 2.48. The fraction of sp³-hybridized carbons (Fsp3) is 0.700. The average molecular weight is 181 g/mol. The van der Waals surface area contributed by atoms with Gasteiger partial charge in [0.25, 0.3) is 0 Å². The van der Waals surface area contributed by atoms with E-state index in [0.29, 0.717) is 0 Å². The number of rotatable bonds is 1. The van der Waals surface area contributed by atoms with Crippen LogP contribution in [0.3, 0.4) is 0 Å². The molecule has 13 heavy (non-hydrogen) atoms. The van der Waals surface area contributed by atoms with Crippen molar-refractivity contribution >= 4 is 0 Å². The molecule has 0 amide bonds. The van der Waals surface area contributed by atoms with Crippen LogP contribution in [0, 0.1) is 0 Å². The third-order valence-corrected chi connectivity index (χ3v) is 2.15. The summed E-state index contributed by atoms with van der Waals surface area (Å²) in [4.78, 5) is 0. The van der Waals surface area contributed by atoms with Gasteiger partial charge in [0.2, 0.25) is 0 Å². The Labute approximate surface area is 79.9 Å². The van der Waals surface area contributed by atoms with Crippen molar-refractivity contribution in [2.24, 2.45) is 12.8 Å². The zero-order valence-corrected chi connectivity index (χ0v) is 9.13. The molecule has 0 spiro atoms. The Balaban J connectivity index is 3.10. The van der Waals surface area contributed by atoms with E-state index in [0.717, 1.165) is 11.4 Å². The van der Waals surface area contributed by atoms with Crippen LogP contribution in [0.1, 0.15) is 45.1 Å². The summed E-state index contributed by atoms with van der Waals surface area (Å²) in [7, 11) is 1.94. The average Bonchev–Trinajstić information content (AvgIpc) is 2.29. The molecule has 0 fully saturated rings. The fourth-order valence-corrected chi connectivity index (χ4v) is 1.27. The van der Waals surface area contributed by atoms with Gasteiger partial charge in [-0.1, -0.05) is 20.8 Å². The Morgan fingerprint density at radius 2 is 2.00 bits per heavy atom. The Bertz CT molecular complexity index is 292. The molecular weight excluding hydrogens is 162 g/mol. The second-order valence-electron chi connectivity index (χ2n) is 4.62. The predicted octanol–water partition coefficient (Wildman–Crippen LogP) is 1.74. The van der Waals surface area contributed by atoms with Gasteiger partial charge in [0.15, 0.2) is 0 Å². The maximum atomic E-state index is 5.81. The van der Waals surface area contributed by atoms with Crippen molar-refractivity contribution in [1.82, 2.24) is 9.78 Å². The van der Waals surface area contributed by atoms with E-state index >= 15 is 0 Å². The van der Waals surface area contributed by atoms with Gasteiger partial charge in [0, 0.05) is 18.5 Å². The molecule has 1 aromatic rings. The van der Waals surface area contributed by atoms with E-state index in [9.17, 15) is 0 Å². The van der Waals surface area contributed by atoms with E-state index < -0.39 is 0 Å². The van der Waals surface area contributed by atoms with Gasteiger partial charge >= 0.3 is 0 Å². The highest BCUT2D eigenvalue weighted by atomic mass is 15.3. The molecule has 2 N–H and O–H groups in total. The monoisotopic (exact) mass is 181 g/mol. The third-order valence-electron chi connectivity index (χ3n) is 2.15. The van der Waals surface area contributed by atoms with Gasteiger partial charge < -0.3 is 5.73 Å². The molecule has 0 saturated heterocycles. The topological polar surface area (TPSA) is 43.8 Å². The molecule has 3 heteroatoms. The second kappa shape index (κ2) is 3.14. The van der Waals surface area contributed by atoms with E-state index in [1.54, 1.807) is 0 Å². The number of nitrogens with two attached hydrogens (primary N) is 1. The van der Waals surface area contributed by atoms with Gasteiger partial charge in [-0.2, -0.15) is 5.10 Å². The molecule has 0 radical (unpaired) electrons. The zero-order chi connectivity index (χ0) is 10.2. The Hall–Kier alpha value is -0.830. The lowest BCUT2D eigenvalue weighted by atomic mass is 9.92. The van der Waals surface area contributed by atoms with Crippen molar-refractivity contribution in [2.75, 3.05) is 0 Å². The molecule has 1 atom stereocenters. The molecule has 0 bridgehead atoms. The molecule has 0 aromatic carbocycles. The van der Waals surface area contributed by atoms with Crippen molar-refractivity contribution in [3.05, 3.63) is 17.5 Å². The summed E-state index contributed by atoms with van der Waals surface area (Å²) in [6, 6.07) is 2.14. The summed E-state index contributed by atoms with van der Waals surface area (Å²) in [6.07, 6.45) is 0. The van der Waals surface area contributed by atoms with Crippen LogP contribution in [-0.4, -0.2) is 9.78 Å². The molecule has 0 aliphatic heterocycles. The number of nitrogens with zero attached hydrogens (tertiary/aromatic N) is 2. The fourth-order valence-electron chi connectivity index (χ4n) is 1.27. The maximum absolute atomic E-state index is 5.81. The highest BCUT2D eigenvalue weighted by Gasteiger charge is 2.19. The van der Waals surface area contributed by atoms with Crippen LogP contribution in [0.15, 0.2) is 6.07 Å². The van der Waals surface area contributed by atoms with E-state index in [-0.39, 0.29) is 11.5 Å². The normalized spacial score (nSPS) is 14.6. The summed E-state index contributed by atoms with van der Waals surface area (Å²) in [5, 5.41) is 4.44. The quantitative estimate of drug-likeness (QED) is 0.717. The van der Waals surface area contributed by atoms with Gasteiger partial charge in [-0.25, -0.2) is 0 Å². The Morgan fingerprint density at radius 3 is 2.23 bits per heavy atom. The van der Waals surface area contributed by atoms with Gasteiger partial charge in [0.05, 0.1) is 11.4 Å². The minimum atomic E-state index is 0.0496. The van der Waals surface area contributed by atoms with Crippen LogP contribution in [0.2, 0.25) is 0 Å². The van der Waals surface area contributed by atoms with Crippen LogP contribution in [0.5, 0.6) is 0 Å². The van der Waals surface area contributed by atoms with Crippen molar-refractivity contribution < 1.29 is 0 Å². The number of hydrogen-bond acceptors (Lipinski definition) is 2. The highest BCUT2D eigenvalue weighted by molar-refractivity contribution is 5.19. The van der Waals surface area contributed by atoms with E-state index in [4.69, 9.17) is 5.73 Å². The molecule has 0 saturated carbocycles. The summed E-state index contributed by atoms with van der Waals surface area (Å²) < 4.78 is 1.87. The lowest BCUT2D eigenvalue weighted by molar-refractivity contribution is 0.549. The van der Waals surface area contributed by atoms with Crippen LogP contribution in [0.4, 0.5) is 0 Å². The van der Waals surface area contributed by atoms with Crippen molar-refractivity contribution in [2.45, 2.75) is 39.2 Å². The van der Waals surface area contributed by atoms with Crippen molar-refractivity contribution in [3.63, 3.8) is 0 Å². The highest BCUT2D eigenvalue weighted by Crippen LogP contribution is 2.22. The molecule has 74 valence electrons. The van der Waals surface area contributed by atoms with Crippen molar-refractivity contribution in [3.8, 4) is 0 Å². The zero-order valence-electron chi connectivity index (χ0n) is 9.13. The Morgan fingerprint density at radius 1 is 1.46 bits per heavy atom. The first-order valence-electron chi connectivity index (χ1n) is 4.62. The van der Waals surface area contributed by atoms with Crippen LogP contribution in [-0.2, 0) is 12.5 Å². The molecule has 0 aliphatic carbocycles. The lowest BCUT2D eigenvalue weighted by Crippen LogP contribution is -2.12. The first kappa shape index (κ1) is 10.3. The molecule has 1 rings (SSSR count). The standard InChI is InChI=1S/C10H19N3/c1-7(11)8-6-9(10(2,3)4)12-13(8)5/h6-7H,11H2,1-5H3/t7-/m0/s1. The number of aromatic nitrogens is 2. The van der Waals surface area contributed by atoms with Crippen LogP contribution >= 0.6 is 0 Å². The van der Waals surface area contributed by atoms with Gasteiger partial charge in [0.1, 0.15) is 0 Å². The van der Waals surface area contributed by atoms with Crippen LogP contribution in [0.25, 0.3) is 0 Å². The van der Waals surface area contributed by atoms with E-state index in [1.807, 2.05) is 18.7 Å². The first-order chi connectivity index (χ1) is 5.82. The van der Waals surface area contributed by atoms with Crippen LogP contribution < -0.4 is 5.73 Å². The van der Waals surface area contributed by atoms with Gasteiger partial charge in [-0.3, -0.25) is 4.68 Å². The third kappa shape index (κ3) is 2.10. The second-order valence-corrected chi connectivity index (χ2v) is 4.62. The minimum Gasteiger partial charge on any atom is -0.323 e. The van der Waals surface area contributed by atoms with Crippen molar-refractivity contribution in [1.29, 1.82) is 0 Å². The largest absolute Gasteiger partial charge is 0.323 e. The van der Waals surface area contributed by atoms with E-state index in [2.05, 4.69) is 31.9 Å². The molecule has 1 aromatic heterocycles. The molecule has 0 aliphatic rings. The predicted molar refractivity (Wildman–Crippen MR) is 54.5 cm³/mol. The lowest BCUT2D eigenvalue weighted by Gasteiger charge is -2.13. The number of hydrogen-bond donors (Lipinski definition) is 1. The summed E-state index contributed by atoms with van der Waals surface area (Å²) in [6.45, 7) is 8.43. The van der Waals surface area contributed by atoms with Gasteiger partial charge in [-0.15, -0.1) is 0 Å². The maximum Gasteiger partial charge on any atom is 0.0681 e. The summed E-state index contributed by atoms with van der Waals surface area (Å²) in [5.74, 6) is 0. The van der Waals surface area contributed by atoms with Gasteiger partial charge in [-0.05, 0) is 13.0 Å². The van der Waals surface area contributed by atoms with E-state index in [1.165, 1.54) is 0 Å². The summed E-state index contributed by atoms with van der Waals surface area (Å²) >= 11 is 0. The molecule has 1 heterocycles. The smallest absolute Gasteiger partial charge is 0.0681 e. The molecular formula is C10H19N3. The summed E-state index contributed by atoms with van der Waals surface area (Å²) in [5.41, 5.74) is 8.10. The number of aryl methyl sites for hydroxylation is 1. The first-order valence-corrected chi connectivity index (χ1v) is 4.62. The molecule has 3 nitrogen and oxygen atoms in total. The minimum absolute atomic E-state index is 0.0496. The molecule has 0 unspecified atom stereocenters.